The zero-order valence-corrected chi connectivity index (χ0v) is 15.6. The van der Waals surface area contributed by atoms with Crippen LogP contribution in [-0.2, 0) is 18.9 Å². The van der Waals surface area contributed by atoms with Crippen LogP contribution in [0.25, 0.3) is 0 Å². The monoisotopic (exact) mass is 368 g/mol. The highest BCUT2D eigenvalue weighted by atomic mass is 31.0. The van der Waals surface area contributed by atoms with Crippen LogP contribution in [-0.4, -0.2) is 35.5 Å². The number of carbonyl (C=O) groups excluding carboxylic acids is 3. The van der Waals surface area contributed by atoms with E-state index in [0.717, 1.165) is 6.42 Å². The molecular weight excluding hydrogens is 343 g/mol. The molecule has 0 aliphatic rings. The van der Waals surface area contributed by atoms with Crippen molar-refractivity contribution in [2.45, 2.75) is 38.8 Å². The van der Waals surface area contributed by atoms with Gasteiger partial charge in [0.1, 0.15) is 6.10 Å². The average Bonchev–Trinajstić information content (AvgIpc) is 2.63. The van der Waals surface area contributed by atoms with Gasteiger partial charge in [-0.05, 0) is 17.9 Å². The maximum absolute atomic E-state index is 12.0. The van der Waals surface area contributed by atoms with Crippen LogP contribution >= 0.6 is 9.47 Å². The van der Waals surface area contributed by atoms with Gasteiger partial charge in [0.15, 0.2) is 6.04 Å². The molecule has 0 saturated heterocycles. The van der Waals surface area contributed by atoms with E-state index in [0.29, 0.717) is 12.0 Å². The first-order chi connectivity index (χ1) is 11.9. The molecular formula is C17H25N2O5P. The summed E-state index contributed by atoms with van der Waals surface area (Å²) in [7, 11) is 1.85. The Labute approximate surface area is 149 Å². The molecule has 3 N–H and O–H groups in total. The highest BCUT2D eigenvalue weighted by molar-refractivity contribution is 7.10. The van der Waals surface area contributed by atoms with Gasteiger partial charge < -0.3 is 20.3 Å². The molecule has 0 spiro atoms. The Morgan fingerprint density at radius 2 is 1.88 bits per heavy atom. The lowest BCUT2D eigenvalue weighted by Crippen LogP contribution is -2.45. The minimum Gasteiger partial charge on any atom is -0.450 e. The fourth-order valence-corrected chi connectivity index (χ4v) is 2.48. The topological polar surface area (TPSA) is 105 Å². The second kappa shape index (κ2) is 10.8. The number of aliphatic hydroxyl groups is 1. The molecule has 0 bridgehead atoms. The average molecular weight is 368 g/mol. The van der Waals surface area contributed by atoms with Crippen molar-refractivity contribution in [2.24, 2.45) is 5.92 Å². The molecule has 0 aromatic heterocycles. The zero-order chi connectivity index (χ0) is 18.8. The van der Waals surface area contributed by atoms with Crippen molar-refractivity contribution in [1.29, 1.82) is 0 Å². The van der Waals surface area contributed by atoms with Crippen molar-refractivity contribution in [2.75, 3.05) is 6.54 Å². The van der Waals surface area contributed by atoms with E-state index >= 15 is 0 Å². The molecule has 0 fully saturated rings. The number of carbonyl (C=O) groups is 3. The normalized spacial score (nSPS) is 14.1. The summed E-state index contributed by atoms with van der Waals surface area (Å²) in [6, 6.07) is 7.64. The van der Waals surface area contributed by atoms with Crippen LogP contribution in [0.1, 0.15) is 38.3 Å². The number of amides is 2. The van der Waals surface area contributed by atoms with Crippen LogP contribution in [0.2, 0.25) is 0 Å². The first kappa shape index (κ1) is 21.1. The van der Waals surface area contributed by atoms with Crippen LogP contribution in [0.3, 0.4) is 0 Å². The Kier molecular flexibility index (Phi) is 9.10. The number of rotatable bonds is 9. The van der Waals surface area contributed by atoms with Gasteiger partial charge in [-0.2, -0.15) is 0 Å². The summed E-state index contributed by atoms with van der Waals surface area (Å²) in [6.07, 6.45) is 0.383. The summed E-state index contributed by atoms with van der Waals surface area (Å²) >= 11 is 0. The van der Waals surface area contributed by atoms with Crippen molar-refractivity contribution < 1.29 is 24.0 Å². The quantitative estimate of drug-likeness (QED) is 0.566. The Morgan fingerprint density at radius 1 is 1.24 bits per heavy atom. The molecule has 0 aliphatic carbocycles. The largest absolute Gasteiger partial charge is 0.450 e. The third kappa shape index (κ3) is 6.80. The number of hydrogen-bond donors (Lipinski definition) is 3. The van der Waals surface area contributed by atoms with Gasteiger partial charge in [0.25, 0.3) is 0 Å². The molecule has 25 heavy (non-hydrogen) atoms. The Balaban J connectivity index is 2.61. The molecule has 1 aromatic carbocycles. The molecule has 2 amide bonds. The SMILES string of the molecule is CCCC(C)C(O)C(=O)NCC(=O)NC(C(=O)OP)c1ccccc1. The van der Waals surface area contributed by atoms with E-state index in [2.05, 4.69) is 15.2 Å². The standard InChI is InChI=1S/C17H25N2O5P/c1-3-7-11(2)15(21)16(22)18-10-13(20)19-14(17(23)24-25)12-8-5-4-6-9-12/h4-6,8-9,11,14-15,21H,3,7,10,25H2,1-2H3,(H,18,22)(H,19,20). The van der Waals surface area contributed by atoms with Crippen molar-refractivity contribution in [3.63, 3.8) is 0 Å². The maximum atomic E-state index is 12.0. The van der Waals surface area contributed by atoms with Gasteiger partial charge in [0.05, 0.1) is 16.0 Å². The minimum absolute atomic E-state index is 0.197. The highest BCUT2D eigenvalue weighted by Gasteiger charge is 2.25. The van der Waals surface area contributed by atoms with E-state index in [9.17, 15) is 19.5 Å². The number of nitrogens with one attached hydrogen (secondary N) is 2. The zero-order valence-electron chi connectivity index (χ0n) is 14.4. The van der Waals surface area contributed by atoms with Gasteiger partial charge in [-0.3, -0.25) is 9.59 Å². The van der Waals surface area contributed by atoms with Crippen molar-refractivity contribution in [3.8, 4) is 0 Å². The predicted molar refractivity (Wildman–Crippen MR) is 96.2 cm³/mol. The lowest BCUT2D eigenvalue weighted by molar-refractivity contribution is -0.138. The summed E-state index contributed by atoms with van der Waals surface area (Å²) in [4.78, 5) is 35.8. The van der Waals surface area contributed by atoms with E-state index in [1.807, 2.05) is 16.4 Å². The lowest BCUT2D eigenvalue weighted by atomic mass is 9.99. The second-order valence-corrected chi connectivity index (χ2v) is 6.01. The Hall–Kier alpha value is -1.98. The van der Waals surface area contributed by atoms with E-state index in [1.54, 1.807) is 37.3 Å². The summed E-state index contributed by atoms with van der Waals surface area (Å²) in [5.74, 6) is -2.02. The Bertz CT molecular complexity index is 582. The summed E-state index contributed by atoms with van der Waals surface area (Å²) < 4.78 is 4.63. The fourth-order valence-electron chi connectivity index (χ4n) is 2.35. The van der Waals surface area contributed by atoms with Crippen molar-refractivity contribution in [1.82, 2.24) is 10.6 Å². The molecule has 0 aliphatic heterocycles. The first-order valence-electron chi connectivity index (χ1n) is 8.11. The van der Waals surface area contributed by atoms with E-state index < -0.39 is 29.9 Å². The molecule has 4 atom stereocenters. The number of aliphatic hydroxyl groups excluding tert-OH is 1. The molecule has 8 heteroatoms. The van der Waals surface area contributed by atoms with Crippen LogP contribution in [0, 0.1) is 5.92 Å². The van der Waals surface area contributed by atoms with Crippen LogP contribution in [0.4, 0.5) is 0 Å². The minimum atomic E-state index is -1.17. The first-order valence-corrected chi connectivity index (χ1v) is 8.58. The van der Waals surface area contributed by atoms with Gasteiger partial charge in [-0.15, -0.1) is 0 Å². The van der Waals surface area contributed by atoms with Crippen LogP contribution in [0.15, 0.2) is 30.3 Å². The van der Waals surface area contributed by atoms with Crippen LogP contribution < -0.4 is 10.6 Å². The van der Waals surface area contributed by atoms with Crippen molar-refractivity contribution in [3.05, 3.63) is 35.9 Å². The van der Waals surface area contributed by atoms with E-state index in [1.165, 1.54) is 0 Å². The molecule has 1 aromatic rings. The summed E-state index contributed by atoms with van der Waals surface area (Å²) in [5, 5.41) is 14.8. The smallest absolute Gasteiger partial charge is 0.335 e. The fraction of sp³-hybridized carbons (Fsp3) is 0.471. The number of benzene rings is 1. The Morgan fingerprint density at radius 3 is 2.44 bits per heavy atom. The maximum Gasteiger partial charge on any atom is 0.335 e. The van der Waals surface area contributed by atoms with Gasteiger partial charge >= 0.3 is 5.97 Å². The van der Waals surface area contributed by atoms with Crippen molar-refractivity contribution >= 4 is 27.3 Å². The third-order valence-corrected chi connectivity index (χ3v) is 4.00. The van der Waals surface area contributed by atoms with Gasteiger partial charge in [0, 0.05) is 0 Å². The summed E-state index contributed by atoms with van der Waals surface area (Å²) in [5.41, 5.74) is 0.561. The molecule has 138 valence electrons. The van der Waals surface area contributed by atoms with Gasteiger partial charge in [-0.25, -0.2) is 4.79 Å². The molecule has 1 rings (SSSR count). The van der Waals surface area contributed by atoms with Gasteiger partial charge in [-0.1, -0.05) is 50.6 Å². The molecule has 7 nitrogen and oxygen atoms in total. The third-order valence-electron chi connectivity index (χ3n) is 3.76. The van der Waals surface area contributed by atoms with Crippen LogP contribution in [0.5, 0.6) is 0 Å². The second-order valence-electron chi connectivity index (χ2n) is 5.78. The van der Waals surface area contributed by atoms with E-state index in [-0.39, 0.29) is 12.5 Å². The lowest BCUT2D eigenvalue weighted by Gasteiger charge is -2.19. The molecule has 4 unspecified atom stereocenters. The molecule has 0 saturated carbocycles. The van der Waals surface area contributed by atoms with Gasteiger partial charge in [0.2, 0.25) is 11.8 Å². The summed E-state index contributed by atoms with van der Waals surface area (Å²) in [6.45, 7) is 3.39. The molecule has 0 heterocycles. The number of hydrogen-bond acceptors (Lipinski definition) is 5. The van der Waals surface area contributed by atoms with E-state index in [4.69, 9.17) is 0 Å². The molecule has 0 radical (unpaired) electrons. The highest BCUT2D eigenvalue weighted by Crippen LogP contribution is 2.15. The predicted octanol–water partition coefficient (Wildman–Crippen LogP) is 1.09.